The first-order valence-corrected chi connectivity index (χ1v) is 7.38. The summed E-state index contributed by atoms with van der Waals surface area (Å²) in [7, 11) is 0. The van der Waals surface area contributed by atoms with E-state index in [1.54, 1.807) is 0 Å². The Morgan fingerprint density at radius 3 is 0.947 bits per heavy atom. The summed E-state index contributed by atoms with van der Waals surface area (Å²) in [6, 6.07) is 0. The Morgan fingerprint density at radius 2 is 0.789 bits per heavy atom. The van der Waals surface area contributed by atoms with Gasteiger partial charge in [-0.2, -0.15) is 0 Å². The molecule has 0 aromatic heterocycles. The largest absolute Gasteiger partial charge is 0.326 e. The smallest absolute Gasteiger partial charge is 0.0109 e. The lowest BCUT2D eigenvalue weighted by atomic mass is 9.98. The first kappa shape index (κ1) is 18.8. The van der Waals surface area contributed by atoms with Crippen LogP contribution in [0.3, 0.4) is 0 Å². The summed E-state index contributed by atoms with van der Waals surface area (Å²) in [4.78, 5) is 2.44. The lowest BCUT2D eigenvalue weighted by molar-refractivity contribution is 0.212. The van der Waals surface area contributed by atoms with Crippen LogP contribution in [0, 0.1) is 0 Å². The molecule has 19 heavy (non-hydrogen) atoms. The van der Waals surface area contributed by atoms with Gasteiger partial charge < -0.3 is 22.1 Å². The highest BCUT2D eigenvalue weighted by atomic mass is 15.1. The summed E-state index contributed by atoms with van der Waals surface area (Å²) < 4.78 is 0. The maximum atomic E-state index is 6.07. The summed E-state index contributed by atoms with van der Waals surface area (Å²) in [5.41, 5.74) is 17.9. The zero-order valence-corrected chi connectivity index (χ0v) is 13.9. The average molecular weight is 272 g/mol. The average Bonchev–Trinajstić information content (AvgIpc) is 2.11. The van der Waals surface area contributed by atoms with Crippen LogP contribution in [0.15, 0.2) is 0 Å². The molecular weight excluding hydrogens is 236 g/mol. The van der Waals surface area contributed by atoms with Crippen LogP contribution in [0.2, 0.25) is 0 Å². The van der Waals surface area contributed by atoms with E-state index in [1.807, 2.05) is 0 Å². The number of nitrogens with two attached hydrogens (primary N) is 3. The third-order valence-corrected chi connectivity index (χ3v) is 3.22. The van der Waals surface area contributed by atoms with Gasteiger partial charge in [-0.05, 0) is 80.4 Å². The van der Waals surface area contributed by atoms with Crippen LogP contribution >= 0.6 is 0 Å². The molecule has 4 nitrogen and oxygen atoms in total. The Kier molecular flexibility index (Phi) is 6.96. The van der Waals surface area contributed by atoms with E-state index >= 15 is 0 Å². The second-order valence-corrected chi connectivity index (χ2v) is 8.06. The second kappa shape index (κ2) is 7.02. The van der Waals surface area contributed by atoms with Crippen molar-refractivity contribution in [2.75, 3.05) is 19.6 Å². The molecule has 0 bridgehead atoms. The van der Waals surface area contributed by atoms with Crippen molar-refractivity contribution < 1.29 is 0 Å². The number of hydrogen-bond donors (Lipinski definition) is 3. The van der Waals surface area contributed by atoms with Gasteiger partial charge in [-0.15, -0.1) is 0 Å². The van der Waals surface area contributed by atoms with E-state index in [0.717, 1.165) is 38.9 Å². The van der Waals surface area contributed by atoms with Crippen molar-refractivity contribution in [1.82, 2.24) is 4.90 Å². The minimum atomic E-state index is -0.116. The Balaban J connectivity index is 4.30. The van der Waals surface area contributed by atoms with Crippen molar-refractivity contribution >= 4 is 0 Å². The normalized spacial score (nSPS) is 14.2. The zero-order chi connectivity index (χ0) is 15.3. The van der Waals surface area contributed by atoms with Crippen LogP contribution in [0.25, 0.3) is 0 Å². The highest BCUT2D eigenvalue weighted by Crippen LogP contribution is 2.12. The Labute approximate surface area is 120 Å². The summed E-state index contributed by atoms with van der Waals surface area (Å²) >= 11 is 0. The number of nitrogens with zero attached hydrogens (tertiary/aromatic N) is 1. The minimum Gasteiger partial charge on any atom is -0.326 e. The molecule has 0 rings (SSSR count). The van der Waals surface area contributed by atoms with Crippen molar-refractivity contribution in [2.24, 2.45) is 17.2 Å². The fraction of sp³-hybridized carbons (Fsp3) is 1.00. The predicted molar refractivity (Wildman–Crippen MR) is 85.1 cm³/mol. The van der Waals surface area contributed by atoms with Gasteiger partial charge >= 0.3 is 0 Å². The van der Waals surface area contributed by atoms with Crippen molar-refractivity contribution in [2.45, 2.75) is 77.4 Å². The van der Waals surface area contributed by atoms with Crippen molar-refractivity contribution in [3.63, 3.8) is 0 Å². The lowest BCUT2D eigenvalue weighted by Crippen LogP contribution is -2.43. The molecule has 0 heterocycles. The van der Waals surface area contributed by atoms with E-state index in [2.05, 4.69) is 46.4 Å². The Hall–Kier alpha value is -0.160. The van der Waals surface area contributed by atoms with E-state index in [4.69, 9.17) is 17.2 Å². The highest BCUT2D eigenvalue weighted by molar-refractivity contribution is 4.80. The predicted octanol–water partition coefficient (Wildman–Crippen LogP) is 1.67. The molecule has 0 unspecified atom stereocenters. The van der Waals surface area contributed by atoms with E-state index < -0.39 is 0 Å². The third kappa shape index (κ3) is 14.1. The molecule has 0 fully saturated rings. The first-order valence-electron chi connectivity index (χ1n) is 7.38. The van der Waals surface area contributed by atoms with E-state index in [-0.39, 0.29) is 16.6 Å². The third-order valence-electron chi connectivity index (χ3n) is 3.22. The molecule has 0 radical (unpaired) electrons. The van der Waals surface area contributed by atoms with E-state index in [0.29, 0.717) is 0 Å². The molecule has 0 aliphatic rings. The summed E-state index contributed by atoms with van der Waals surface area (Å²) in [5.74, 6) is 0. The fourth-order valence-corrected chi connectivity index (χ4v) is 1.67. The van der Waals surface area contributed by atoms with Crippen molar-refractivity contribution in [1.29, 1.82) is 0 Å². The molecule has 0 aliphatic carbocycles. The van der Waals surface area contributed by atoms with Gasteiger partial charge in [-0.1, -0.05) is 0 Å². The second-order valence-electron chi connectivity index (χ2n) is 8.06. The van der Waals surface area contributed by atoms with Gasteiger partial charge in [0.1, 0.15) is 0 Å². The SMILES string of the molecule is CC(C)(N)CCN(CCC(C)(C)N)CCC(C)(C)N. The monoisotopic (exact) mass is 272 g/mol. The molecule has 0 atom stereocenters. The van der Waals surface area contributed by atoms with E-state index in [9.17, 15) is 0 Å². The Bertz CT molecular complexity index is 200. The standard InChI is InChI=1S/C15H36N4/c1-13(2,16)7-10-19(11-8-14(3,4)17)12-9-15(5,6)18/h7-12,16-18H2,1-6H3. The topological polar surface area (TPSA) is 81.3 Å². The number of rotatable bonds is 9. The maximum absolute atomic E-state index is 6.07. The first-order chi connectivity index (χ1) is 8.29. The molecule has 0 saturated heterocycles. The van der Waals surface area contributed by atoms with Crippen LogP contribution in [-0.2, 0) is 0 Å². The molecule has 0 saturated carbocycles. The van der Waals surface area contributed by atoms with Crippen molar-refractivity contribution in [3.8, 4) is 0 Å². The molecule has 6 N–H and O–H groups in total. The van der Waals surface area contributed by atoms with Gasteiger partial charge in [0.05, 0.1) is 0 Å². The quantitative estimate of drug-likeness (QED) is 0.596. The summed E-state index contributed by atoms with van der Waals surface area (Å²) in [6.07, 6.45) is 2.97. The minimum absolute atomic E-state index is 0.116. The molecule has 0 spiro atoms. The van der Waals surface area contributed by atoms with Crippen LogP contribution in [-0.4, -0.2) is 41.2 Å². The summed E-state index contributed by atoms with van der Waals surface area (Å²) in [6.45, 7) is 15.5. The highest BCUT2D eigenvalue weighted by Gasteiger charge is 2.19. The molecule has 0 aromatic rings. The van der Waals surface area contributed by atoms with Crippen LogP contribution < -0.4 is 17.2 Å². The van der Waals surface area contributed by atoms with Crippen LogP contribution in [0.1, 0.15) is 60.8 Å². The van der Waals surface area contributed by atoms with Gasteiger partial charge in [0.25, 0.3) is 0 Å². The van der Waals surface area contributed by atoms with Gasteiger partial charge in [-0.3, -0.25) is 0 Å². The Morgan fingerprint density at radius 1 is 0.579 bits per heavy atom. The zero-order valence-electron chi connectivity index (χ0n) is 13.9. The molecule has 0 aromatic carbocycles. The fourth-order valence-electron chi connectivity index (χ4n) is 1.67. The molecular formula is C15H36N4. The molecule has 116 valence electrons. The number of hydrogen-bond acceptors (Lipinski definition) is 4. The molecule has 0 amide bonds. The van der Waals surface area contributed by atoms with Gasteiger partial charge in [0, 0.05) is 16.6 Å². The van der Waals surface area contributed by atoms with Gasteiger partial charge in [0.15, 0.2) is 0 Å². The van der Waals surface area contributed by atoms with Gasteiger partial charge in [0.2, 0.25) is 0 Å². The lowest BCUT2D eigenvalue weighted by Gasteiger charge is -2.31. The van der Waals surface area contributed by atoms with Crippen LogP contribution in [0.4, 0.5) is 0 Å². The maximum Gasteiger partial charge on any atom is 0.0109 e. The summed E-state index contributed by atoms with van der Waals surface area (Å²) in [5, 5.41) is 0. The van der Waals surface area contributed by atoms with Gasteiger partial charge in [-0.25, -0.2) is 0 Å². The molecule has 4 heteroatoms. The van der Waals surface area contributed by atoms with E-state index in [1.165, 1.54) is 0 Å². The van der Waals surface area contributed by atoms with Crippen molar-refractivity contribution in [3.05, 3.63) is 0 Å². The van der Waals surface area contributed by atoms with Crippen LogP contribution in [0.5, 0.6) is 0 Å². The molecule has 0 aliphatic heterocycles.